The van der Waals surface area contributed by atoms with Crippen LogP contribution < -0.4 is 0 Å². The lowest BCUT2D eigenvalue weighted by molar-refractivity contribution is -0.149. The number of thiophene rings is 1. The number of hydrogen-bond acceptors (Lipinski definition) is 4. The highest BCUT2D eigenvalue weighted by atomic mass is 32.1. The lowest BCUT2D eigenvalue weighted by atomic mass is 10.1. The smallest absolute Gasteiger partial charge is 0.343 e. The molecule has 1 N–H and O–H groups in total. The molecule has 0 aliphatic carbocycles. The Bertz CT molecular complexity index is 797. The summed E-state index contributed by atoms with van der Waals surface area (Å²) in [5.41, 5.74) is -1.42. The van der Waals surface area contributed by atoms with Crippen LogP contribution in [0.3, 0.4) is 0 Å². The average molecular weight is 339 g/mol. The van der Waals surface area contributed by atoms with Crippen LogP contribution in [0.25, 0.3) is 10.2 Å². The molecule has 0 aromatic carbocycles. The van der Waals surface area contributed by atoms with Gasteiger partial charge in [0.15, 0.2) is 0 Å². The second-order valence-electron chi connectivity index (χ2n) is 6.24. The number of aliphatic carboxylic acids is 1. The fourth-order valence-corrected chi connectivity index (χ4v) is 3.92. The number of fused-ring (bicyclic) bond motifs is 1. The summed E-state index contributed by atoms with van der Waals surface area (Å²) in [6, 6.07) is 1.78. The molecule has 0 bridgehead atoms. The number of amides is 1. The molecule has 0 saturated carbocycles. The van der Waals surface area contributed by atoms with E-state index in [4.69, 9.17) is 5.11 Å². The molecule has 2 aromatic heterocycles. The summed E-state index contributed by atoms with van der Waals surface area (Å²) >= 11 is 1.31. The molecule has 3 heterocycles. The number of carboxylic acid groups (broad SMARTS) is 1. The minimum absolute atomic E-state index is 0.116. The van der Waals surface area contributed by atoms with Crippen LogP contribution >= 0.6 is 11.3 Å². The predicted octanol–water partition coefficient (Wildman–Crippen LogP) is 2.40. The van der Waals surface area contributed by atoms with Crippen molar-refractivity contribution in [1.82, 2.24) is 14.7 Å². The first-order valence-corrected chi connectivity index (χ1v) is 8.22. The normalized spacial score (nSPS) is 21.5. The number of carbonyl (C=O) groups excluding carboxylic acids is 1. The molecule has 124 valence electrons. The van der Waals surface area contributed by atoms with Crippen molar-refractivity contribution in [3.8, 4) is 0 Å². The molecule has 0 spiro atoms. The maximum atomic E-state index is 14.1. The molecule has 1 unspecified atom stereocenters. The zero-order chi connectivity index (χ0) is 16.9. The number of nitrogens with zero attached hydrogens (tertiary/aromatic N) is 3. The molecule has 6 nitrogen and oxygen atoms in total. The van der Waals surface area contributed by atoms with Gasteiger partial charge in [0.05, 0.1) is 17.1 Å². The number of aromatic nitrogens is 2. The number of rotatable bonds is 3. The van der Waals surface area contributed by atoms with E-state index in [0.29, 0.717) is 4.88 Å². The van der Waals surface area contributed by atoms with Gasteiger partial charge in [-0.1, -0.05) is 13.8 Å². The molecule has 1 amide bonds. The van der Waals surface area contributed by atoms with Gasteiger partial charge in [0.2, 0.25) is 5.67 Å². The first-order valence-electron chi connectivity index (χ1n) is 7.41. The number of carbonyl (C=O) groups is 2. The Hall–Kier alpha value is -1.96. The van der Waals surface area contributed by atoms with Crippen molar-refractivity contribution in [1.29, 1.82) is 0 Å². The van der Waals surface area contributed by atoms with Crippen molar-refractivity contribution in [2.24, 2.45) is 7.05 Å². The molecule has 1 fully saturated rings. The predicted molar refractivity (Wildman–Crippen MR) is 84.7 cm³/mol. The molecule has 8 heteroatoms. The van der Waals surface area contributed by atoms with Crippen LogP contribution in [0.1, 0.15) is 41.6 Å². The average Bonchev–Trinajstić information content (AvgIpc) is 3.14. The van der Waals surface area contributed by atoms with Crippen molar-refractivity contribution < 1.29 is 19.1 Å². The number of hydrogen-bond donors (Lipinski definition) is 1. The van der Waals surface area contributed by atoms with E-state index in [2.05, 4.69) is 5.10 Å². The number of alkyl halides is 1. The first-order chi connectivity index (χ1) is 10.7. The summed E-state index contributed by atoms with van der Waals surface area (Å²) in [5.74, 6) is -1.59. The monoisotopic (exact) mass is 339 g/mol. The minimum Gasteiger partial charge on any atom is -0.479 e. The lowest BCUT2D eigenvalue weighted by Crippen LogP contribution is -2.38. The van der Waals surface area contributed by atoms with Gasteiger partial charge in [0.1, 0.15) is 4.83 Å². The molecule has 1 aliphatic heterocycles. The molecule has 1 atom stereocenters. The number of carboxylic acids is 1. The standard InChI is InChI=1S/C15H18FN3O3S/c1-8(2)11-9-6-10(23-13(9)18(3)17-11)12(20)19-5-4-15(16,7-19)14(21)22/h6,8H,4-5,7H2,1-3H3,(H,21,22). The van der Waals surface area contributed by atoms with Crippen molar-refractivity contribution in [2.75, 3.05) is 13.1 Å². The highest BCUT2D eigenvalue weighted by Gasteiger charge is 2.47. The minimum atomic E-state index is -2.34. The van der Waals surface area contributed by atoms with Gasteiger partial charge in [-0.3, -0.25) is 9.48 Å². The highest BCUT2D eigenvalue weighted by molar-refractivity contribution is 7.20. The summed E-state index contributed by atoms with van der Waals surface area (Å²) in [6.07, 6.45) is -0.169. The lowest BCUT2D eigenvalue weighted by Gasteiger charge is -2.16. The maximum Gasteiger partial charge on any atom is 0.343 e. The van der Waals surface area contributed by atoms with Gasteiger partial charge < -0.3 is 10.0 Å². The Morgan fingerprint density at radius 2 is 2.17 bits per heavy atom. The van der Waals surface area contributed by atoms with Crippen molar-refractivity contribution in [3.63, 3.8) is 0 Å². The van der Waals surface area contributed by atoms with Crippen LogP contribution in [0, 0.1) is 0 Å². The SMILES string of the molecule is CC(C)c1nn(C)c2sc(C(=O)N3CCC(F)(C(=O)O)C3)cc12. The topological polar surface area (TPSA) is 75.4 Å². The van der Waals surface area contributed by atoms with E-state index in [1.807, 2.05) is 20.9 Å². The maximum absolute atomic E-state index is 14.1. The zero-order valence-corrected chi connectivity index (χ0v) is 14.0. The van der Waals surface area contributed by atoms with Gasteiger partial charge >= 0.3 is 5.97 Å². The van der Waals surface area contributed by atoms with Gasteiger partial charge in [-0.05, 0) is 12.0 Å². The van der Waals surface area contributed by atoms with Crippen LogP contribution in [0.15, 0.2) is 6.07 Å². The third-order valence-electron chi connectivity index (χ3n) is 4.19. The van der Waals surface area contributed by atoms with Crippen LogP contribution in [-0.2, 0) is 11.8 Å². The molecule has 23 heavy (non-hydrogen) atoms. The number of halogens is 1. The van der Waals surface area contributed by atoms with Crippen molar-refractivity contribution in [3.05, 3.63) is 16.6 Å². The molecule has 2 aromatic rings. The third kappa shape index (κ3) is 2.50. The molecule has 3 rings (SSSR count). The van der Waals surface area contributed by atoms with Crippen LogP contribution in [0.4, 0.5) is 4.39 Å². The van der Waals surface area contributed by atoms with Crippen molar-refractivity contribution in [2.45, 2.75) is 31.9 Å². The first kappa shape index (κ1) is 15.9. The number of likely N-dealkylation sites (tertiary alicyclic amines) is 1. The zero-order valence-electron chi connectivity index (χ0n) is 13.2. The van der Waals surface area contributed by atoms with Crippen molar-refractivity contribution >= 4 is 33.4 Å². The Kier molecular flexibility index (Phi) is 3.66. The van der Waals surface area contributed by atoms with Gasteiger partial charge in [-0.15, -0.1) is 11.3 Å². The van der Waals surface area contributed by atoms with E-state index >= 15 is 0 Å². The van der Waals surface area contributed by atoms with E-state index in [0.717, 1.165) is 15.9 Å². The molecular formula is C15H18FN3O3S. The fraction of sp³-hybridized carbons (Fsp3) is 0.533. The van der Waals surface area contributed by atoms with Gasteiger partial charge in [0, 0.05) is 25.4 Å². The number of aryl methyl sites for hydroxylation is 1. The van der Waals surface area contributed by atoms with E-state index in [1.54, 1.807) is 10.7 Å². The molecule has 0 radical (unpaired) electrons. The fourth-order valence-electron chi connectivity index (χ4n) is 2.87. The van der Waals surface area contributed by atoms with E-state index in [9.17, 15) is 14.0 Å². The Balaban J connectivity index is 1.91. The highest BCUT2D eigenvalue weighted by Crippen LogP contribution is 2.34. The van der Waals surface area contributed by atoms with E-state index in [-0.39, 0.29) is 24.8 Å². The molecular weight excluding hydrogens is 321 g/mol. The van der Waals surface area contributed by atoms with E-state index in [1.165, 1.54) is 16.2 Å². The third-order valence-corrected chi connectivity index (χ3v) is 5.38. The van der Waals surface area contributed by atoms with Crippen LogP contribution in [-0.4, -0.2) is 50.4 Å². The quantitative estimate of drug-likeness (QED) is 0.932. The summed E-state index contributed by atoms with van der Waals surface area (Å²) in [4.78, 5) is 26.2. The summed E-state index contributed by atoms with van der Waals surface area (Å²) in [6.45, 7) is 3.79. The summed E-state index contributed by atoms with van der Waals surface area (Å²) in [5, 5.41) is 14.3. The largest absolute Gasteiger partial charge is 0.479 e. The van der Waals surface area contributed by atoms with Gasteiger partial charge in [-0.25, -0.2) is 9.18 Å². The van der Waals surface area contributed by atoms with Gasteiger partial charge in [-0.2, -0.15) is 5.10 Å². The summed E-state index contributed by atoms with van der Waals surface area (Å²) < 4.78 is 15.9. The Morgan fingerprint density at radius 1 is 1.48 bits per heavy atom. The molecule has 1 saturated heterocycles. The van der Waals surface area contributed by atoms with Gasteiger partial charge in [0.25, 0.3) is 5.91 Å². The van der Waals surface area contributed by atoms with E-state index < -0.39 is 18.2 Å². The summed E-state index contributed by atoms with van der Waals surface area (Å²) in [7, 11) is 1.83. The van der Waals surface area contributed by atoms with Crippen LogP contribution in [0.5, 0.6) is 0 Å². The molecule has 1 aliphatic rings. The Labute approximate surface area is 136 Å². The second-order valence-corrected chi connectivity index (χ2v) is 7.27. The Morgan fingerprint density at radius 3 is 2.74 bits per heavy atom. The second kappa shape index (κ2) is 5.30. The van der Waals surface area contributed by atoms with Crippen LogP contribution in [0.2, 0.25) is 0 Å².